The molecular weight excluding hydrogens is 265 g/mol. The molecule has 1 aliphatic rings. The summed E-state index contributed by atoms with van der Waals surface area (Å²) in [6.07, 6.45) is 5.94. The van der Waals surface area contributed by atoms with Crippen molar-refractivity contribution in [2.45, 2.75) is 44.2 Å². The molecule has 2 nitrogen and oxygen atoms in total. The molecule has 1 saturated carbocycles. The Morgan fingerprint density at radius 3 is 2.63 bits per heavy atom. The number of hydrogen-bond acceptors (Lipinski definition) is 2. The number of nitrogens with one attached hydrogen (secondary N) is 1. The number of halogens is 2. The van der Waals surface area contributed by atoms with Crippen molar-refractivity contribution in [2.75, 3.05) is 13.0 Å². The van der Waals surface area contributed by atoms with Crippen LogP contribution in [-0.4, -0.2) is 18.5 Å². The molecule has 2 rings (SSSR count). The fourth-order valence-corrected chi connectivity index (χ4v) is 3.06. The number of hydrogen-bond donors (Lipinski definition) is 1. The van der Waals surface area contributed by atoms with Crippen LogP contribution in [0.4, 0.5) is 4.39 Å². The van der Waals surface area contributed by atoms with Gasteiger partial charge < -0.3 is 10.1 Å². The van der Waals surface area contributed by atoms with Gasteiger partial charge in [0.2, 0.25) is 0 Å². The average molecular weight is 286 g/mol. The van der Waals surface area contributed by atoms with Crippen molar-refractivity contribution >= 4 is 11.6 Å². The Balaban J connectivity index is 1.99. The van der Waals surface area contributed by atoms with E-state index in [1.54, 1.807) is 6.07 Å². The Kier molecular flexibility index (Phi) is 5.06. The van der Waals surface area contributed by atoms with E-state index in [-0.39, 0.29) is 17.1 Å². The highest BCUT2D eigenvalue weighted by atomic mass is 35.5. The lowest BCUT2D eigenvalue weighted by atomic mass is 9.83. The van der Waals surface area contributed by atoms with Gasteiger partial charge in [-0.05, 0) is 30.5 Å². The maximum atomic E-state index is 13.6. The fourth-order valence-electron chi connectivity index (χ4n) is 2.70. The fraction of sp³-hybridized carbons (Fsp3) is 0.600. The highest BCUT2D eigenvalue weighted by Crippen LogP contribution is 2.29. The molecule has 1 aliphatic carbocycles. The van der Waals surface area contributed by atoms with E-state index >= 15 is 0 Å². The third-order valence-corrected chi connectivity index (χ3v) is 4.46. The first-order valence-electron chi connectivity index (χ1n) is 6.82. The molecule has 0 saturated heterocycles. The Morgan fingerprint density at radius 2 is 2.05 bits per heavy atom. The summed E-state index contributed by atoms with van der Waals surface area (Å²) >= 11 is 6.13. The average Bonchev–Trinajstić information content (AvgIpc) is 2.46. The topological polar surface area (TPSA) is 21.3 Å². The number of methoxy groups -OCH3 is 1. The molecule has 19 heavy (non-hydrogen) atoms. The number of alkyl halides is 1. The van der Waals surface area contributed by atoms with E-state index in [2.05, 4.69) is 5.32 Å². The Hall–Kier alpha value is -0.800. The quantitative estimate of drug-likeness (QED) is 0.830. The molecule has 0 unspecified atom stereocenters. The Morgan fingerprint density at radius 1 is 1.32 bits per heavy atom. The van der Waals surface area contributed by atoms with Crippen LogP contribution in [0.2, 0.25) is 0 Å². The summed E-state index contributed by atoms with van der Waals surface area (Å²) in [6.45, 7) is 0.646. The van der Waals surface area contributed by atoms with Crippen LogP contribution in [-0.2, 0) is 6.54 Å². The van der Waals surface area contributed by atoms with Gasteiger partial charge in [0.25, 0.3) is 0 Å². The molecular formula is C15H21ClFNO. The van der Waals surface area contributed by atoms with Gasteiger partial charge in [-0.2, -0.15) is 0 Å². The van der Waals surface area contributed by atoms with Crippen molar-refractivity contribution in [3.05, 3.63) is 29.6 Å². The van der Waals surface area contributed by atoms with Gasteiger partial charge in [-0.1, -0.05) is 25.3 Å². The second-order valence-corrected chi connectivity index (χ2v) is 5.56. The van der Waals surface area contributed by atoms with Gasteiger partial charge in [0.1, 0.15) is 0 Å². The van der Waals surface area contributed by atoms with Gasteiger partial charge >= 0.3 is 0 Å². The lowest BCUT2D eigenvalue weighted by molar-refractivity contribution is 0.256. The lowest BCUT2D eigenvalue weighted by Crippen LogP contribution is -2.48. The predicted molar refractivity (Wildman–Crippen MR) is 76.3 cm³/mol. The van der Waals surface area contributed by atoms with Gasteiger partial charge in [-0.25, -0.2) is 4.39 Å². The van der Waals surface area contributed by atoms with Gasteiger partial charge in [0.15, 0.2) is 11.6 Å². The monoisotopic (exact) mass is 285 g/mol. The van der Waals surface area contributed by atoms with Crippen molar-refractivity contribution < 1.29 is 9.13 Å². The third-order valence-electron chi connectivity index (χ3n) is 3.95. The van der Waals surface area contributed by atoms with Crippen molar-refractivity contribution in [2.24, 2.45) is 0 Å². The van der Waals surface area contributed by atoms with E-state index in [0.29, 0.717) is 12.4 Å². The van der Waals surface area contributed by atoms with E-state index in [9.17, 15) is 4.39 Å². The predicted octanol–water partition coefficient (Wildman–Crippen LogP) is 3.87. The van der Waals surface area contributed by atoms with E-state index in [1.807, 2.05) is 6.07 Å². The molecule has 1 N–H and O–H groups in total. The molecule has 1 aromatic carbocycles. The maximum Gasteiger partial charge on any atom is 0.165 e. The number of ether oxygens (including phenoxy) is 1. The molecule has 0 spiro atoms. The zero-order valence-corrected chi connectivity index (χ0v) is 12.1. The SMILES string of the molecule is COc1ccc(CNC2(CCl)CCCCC2)cc1F. The third kappa shape index (κ3) is 3.61. The largest absolute Gasteiger partial charge is 0.494 e. The standard InChI is InChI=1S/C15H21ClFNO/c1-19-14-6-5-12(9-13(14)17)10-18-15(11-16)7-3-2-4-8-15/h5-6,9,18H,2-4,7-8,10-11H2,1H3. The van der Waals surface area contributed by atoms with Gasteiger partial charge in [-0.3, -0.25) is 0 Å². The maximum absolute atomic E-state index is 13.6. The minimum Gasteiger partial charge on any atom is -0.494 e. The molecule has 0 amide bonds. The second kappa shape index (κ2) is 6.58. The van der Waals surface area contributed by atoms with Crippen molar-refractivity contribution in [1.82, 2.24) is 5.32 Å². The molecule has 0 radical (unpaired) electrons. The van der Waals surface area contributed by atoms with Crippen LogP contribution in [0.25, 0.3) is 0 Å². The summed E-state index contributed by atoms with van der Waals surface area (Å²) in [7, 11) is 1.47. The first kappa shape index (κ1) is 14.6. The first-order chi connectivity index (χ1) is 9.19. The summed E-state index contributed by atoms with van der Waals surface area (Å²) in [5, 5.41) is 3.53. The lowest BCUT2D eigenvalue weighted by Gasteiger charge is -2.36. The van der Waals surface area contributed by atoms with Crippen LogP contribution >= 0.6 is 11.6 Å². The molecule has 106 valence electrons. The molecule has 0 bridgehead atoms. The van der Waals surface area contributed by atoms with E-state index in [0.717, 1.165) is 18.4 Å². The molecule has 1 fully saturated rings. The van der Waals surface area contributed by atoms with Crippen molar-refractivity contribution in [1.29, 1.82) is 0 Å². The smallest absolute Gasteiger partial charge is 0.165 e. The normalized spacial score (nSPS) is 18.3. The summed E-state index contributed by atoms with van der Waals surface area (Å²) in [5.74, 6) is 0.588. The highest BCUT2D eigenvalue weighted by Gasteiger charge is 2.30. The van der Waals surface area contributed by atoms with E-state index < -0.39 is 0 Å². The molecule has 1 aromatic rings. The minimum absolute atomic E-state index is 0.0240. The van der Waals surface area contributed by atoms with Crippen LogP contribution in [0, 0.1) is 5.82 Å². The molecule has 0 heterocycles. The van der Waals surface area contributed by atoms with Gasteiger partial charge in [0.05, 0.1) is 7.11 Å². The summed E-state index contributed by atoms with van der Waals surface area (Å²) in [6, 6.07) is 5.08. The number of rotatable bonds is 5. The molecule has 0 aliphatic heterocycles. The first-order valence-corrected chi connectivity index (χ1v) is 7.36. The summed E-state index contributed by atoms with van der Waals surface area (Å²) in [5.41, 5.74) is 0.948. The Bertz CT molecular complexity index is 419. The van der Waals surface area contributed by atoms with Crippen molar-refractivity contribution in [3.63, 3.8) is 0 Å². The Labute approximate surface area is 119 Å². The van der Waals surface area contributed by atoms with Crippen molar-refractivity contribution in [3.8, 4) is 5.75 Å². The van der Waals surface area contributed by atoms with Crippen LogP contribution in [0.15, 0.2) is 18.2 Å². The van der Waals surface area contributed by atoms with E-state index in [4.69, 9.17) is 16.3 Å². The number of benzene rings is 1. The highest BCUT2D eigenvalue weighted by molar-refractivity contribution is 6.18. The van der Waals surface area contributed by atoms with Crippen LogP contribution < -0.4 is 10.1 Å². The molecule has 4 heteroatoms. The van der Waals surface area contributed by atoms with Crippen LogP contribution in [0.3, 0.4) is 0 Å². The zero-order valence-electron chi connectivity index (χ0n) is 11.3. The van der Waals surface area contributed by atoms with Gasteiger partial charge in [-0.15, -0.1) is 11.6 Å². The van der Waals surface area contributed by atoms with Crippen LogP contribution in [0.5, 0.6) is 5.75 Å². The molecule has 0 aromatic heterocycles. The summed E-state index contributed by atoms with van der Waals surface area (Å²) < 4.78 is 18.5. The van der Waals surface area contributed by atoms with Crippen LogP contribution in [0.1, 0.15) is 37.7 Å². The molecule has 0 atom stereocenters. The minimum atomic E-state index is -0.314. The van der Waals surface area contributed by atoms with E-state index in [1.165, 1.54) is 32.4 Å². The second-order valence-electron chi connectivity index (χ2n) is 5.30. The van der Waals surface area contributed by atoms with Gasteiger partial charge in [0, 0.05) is 18.0 Å². The zero-order chi connectivity index (χ0) is 13.7. The summed E-state index contributed by atoms with van der Waals surface area (Å²) in [4.78, 5) is 0.